The molecule has 5 rings (SSSR count). The molecular formula is C24H25N7O. The maximum Gasteiger partial charge on any atom is 0.259 e. The number of rotatable bonds is 4. The van der Waals surface area contributed by atoms with Gasteiger partial charge in [0.15, 0.2) is 0 Å². The first kappa shape index (κ1) is 20.0. The molecule has 1 aromatic carbocycles. The third-order valence-corrected chi connectivity index (χ3v) is 5.83. The highest BCUT2D eigenvalue weighted by Gasteiger charge is 2.15. The third kappa shape index (κ3) is 4.00. The van der Waals surface area contributed by atoms with Gasteiger partial charge in [-0.25, -0.2) is 9.97 Å². The van der Waals surface area contributed by atoms with Crippen LogP contribution in [0.1, 0.15) is 0 Å². The van der Waals surface area contributed by atoms with E-state index < -0.39 is 0 Å². The summed E-state index contributed by atoms with van der Waals surface area (Å²) in [5.74, 6) is 0.952. The van der Waals surface area contributed by atoms with Crippen molar-refractivity contribution in [1.29, 1.82) is 0 Å². The summed E-state index contributed by atoms with van der Waals surface area (Å²) in [6.45, 7) is 4.15. The number of H-pyrrole nitrogens is 1. The lowest BCUT2D eigenvalue weighted by atomic mass is 10.1. The average molecular weight is 428 g/mol. The van der Waals surface area contributed by atoms with Crippen molar-refractivity contribution in [2.45, 2.75) is 0 Å². The van der Waals surface area contributed by atoms with Gasteiger partial charge in [0.1, 0.15) is 11.6 Å². The van der Waals surface area contributed by atoms with Gasteiger partial charge in [0, 0.05) is 55.5 Å². The van der Waals surface area contributed by atoms with Gasteiger partial charge in [0.2, 0.25) is 0 Å². The summed E-state index contributed by atoms with van der Waals surface area (Å²) in [6, 6.07) is 15.6. The number of piperazine rings is 1. The number of aromatic nitrogens is 3. The van der Waals surface area contributed by atoms with Crippen LogP contribution < -0.4 is 21.5 Å². The van der Waals surface area contributed by atoms with Crippen molar-refractivity contribution in [3.8, 4) is 11.3 Å². The molecule has 0 atom stereocenters. The Kier molecular flexibility index (Phi) is 5.20. The minimum atomic E-state index is -0.187. The van der Waals surface area contributed by atoms with E-state index >= 15 is 0 Å². The van der Waals surface area contributed by atoms with E-state index in [-0.39, 0.29) is 5.56 Å². The minimum absolute atomic E-state index is 0.187. The van der Waals surface area contributed by atoms with E-state index in [2.05, 4.69) is 44.3 Å². The standard InChI is InChI=1S/C24H25N7O/c1-30-10-12-31(13-11-30)19-5-3-18(4-6-19)28-23-22-16(8-9-26-24(22)32)14-20(29-23)17-2-7-21(25)27-15-17/h2-9,14-15H,10-13H2,1H3,(H2,25,27)(H,26,32)(H,28,29). The Balaban J connectivity index is 1.49. The van der Waals surface area contributed by atoms with E-state index in [0.717, 1.165) is 42.8 Å². The van der Waals surface area contributed by atoms with Crippen LogP contribution in [0.2, 0.25) is 0 Å². The molecule has 0 aliphatic carbocycles. The molecule has 0 radical (unpaired) electrons. The van der Waals surface area contributed by atoms with Crippen LogP contribution in [0.3, 0.4) is 0 Å². The van der Waals surface area contributed by atoms with Crippen molar-refractivity contribution in [2.75, 3.05) is 49.2 Å². The summed E-state index contributed by atoms with van der Waals surface area (Å²) in [7, 11) is 2.15. The second kappa shape index (κ2) is 8.32. The quantitative estimate of drug-likeness (QED) is 0.460. The van der Waals surface area contributed by atoms with Gasteiger partial charge < -0.3 is 25.8 Å². The SMILES string of the molecule is CN1CCN(c2ccc(Nc3nc(-c4ccc(N)nc4)cc4cc[nH]c(=O)c34)cc2)CC1. The summed E-state index contributed by atoms with van der Waals surface area (Å²) in [5, 5.41) is 4.66. The zero-order valence-corrected chi connectivity index (χ0v) is 17.9. The second-order valence-corrected chi connectivity index (χ2v) is 8.06. The molecule has 1 aliphatic heterocycles. The lowest BCUT2D eigenvalue weighted by molar-refractivity contribution is 0.313. The second-order valence-electron chi connectivity index (χ2n) is 8.06. The lowest BCUT2D eigenvalue weighted by Gasteiger charge is -2.34. The predicted octanol–water partition coefficient (Wildman–Crippen LogP) is 3.06. The molecule has 8 nitrogen and oxygen atoms in total. The number of anilines is 4. The fourth-order valence-electron chi connectivity index (χ4n) is 3.97. The highest BCUT2D eigenvalue weighted by Crippen LogP contribution is 2.28. The van der Waals surface area contributed by atoms with Crippen LogP contribution >= 0.6 is 0 Å². The molecule has 0 bridgehead atoms. The number of hydrogen-bond acceptors (Lipinski definition) is 7. The topological polar surface area (TPSA) is 103 Å². The van der Waals surface area contributed by atoms with Gasteiger partial charge in [-0.15, -0.1) is 0 Å². The summed E-state index contributed by atoms with van der Waals surface area (Å²) >= 11 is 0. The number of hydrogen-bond donors (Lipinski definition) is 3. The zero-order chi connectivity index (χ0) is 22.1. The number of fused-ring (bicyclic) bond motifs is 1. The van der Waals surface area contributed by atoms with Crippen molar-refractivity contribution in [3.05, 3.63) is 71.3 Å². The van der Waals surface area contributed by atoms with Crippen molar-refractivity contribution in [1.82, 2.24) is 19.9 Å². The first-order valence-electron chi connectivity index (χ1n) is 10.6. The smallest absolute Gasteiger partial charge is 0.259 e. The number of benzene rings is 1. The zero-order valence-electron chi connectivity index (χ0n) is 17.9. The molecule has 32 heavy (non-hydrogen) atoms. The number of likely N-dealkylation sites (N-methyl/N-ethyl adjacent to an activating group) is 1. The Bertz CT molecular complexity index is 1290. The maximum atomic E-state index is 12.6. The number of nitrogens with one attached hydrogen (secondary N) is 2. The van der Waals surface area contributed by atoms with Crippen LogP contribution in [0, 0.1) is 0 Å². The van der Waals surface area contributed by atoms with Crippen LogP contribution in [0.25, 0.3) is 22.0 Å². The lowest BCUT2D eigenvalue weighted by Crippen LogP contribution is -2.44. The molecule has 1 aliphatic rings. The Morgan fingerprint density at radius 2 is 1.81 bits per heavy atom. The number of nitrogen functional groups attached to an aromatic ring is 1. The Morgan fingerprint density at radius 3 is 2.53 bits per heavy atom. The summed E-state index contributed by atoms with van der Waals surface area (Å²) < 4.78 is 0. The number of nitrogens with zero attached hydrogens (tertiary/aromatic N) is 4. The summed E-state index contributed by atoms with van der Waals surface area (Å²) in [4.78, 5) is 29.0. The van der Waals surface area contributed by atoms with E-state index in [4.69, 9.17) is 10.7 Å². The van der Waals surface area contributed by atoms with Crippen molar-refractivity contribution >= 4 is 33.8 Å². The van der Waals surface area contributed by atoms with E-state index in [1.165, 1.54) is 5.69 Å². The molecular weight excluding hydrogens is 402 g/mol. The molecule has 4 aromatic rings. The normalized spacial score (nSPS) is 14.6. The van der Waals surface area contributed by atoms with Crippen LogP contribution in [-0.4, -0.2) is 53.1 Å². The van der Waals surface area contributed by atoms with Crippen LogP contribution in [0.15, 0.2) is 65.7 Å². The van der Waals surface area contributed by atoms with Gasteiger partial charge >= 0.3 is 0 Å². The van der Waals surface area contributed by atoms with E-state index in [1.54, 1.807) is 18.5 Å². The summed E-state index contributed by atoms with van der Waals surface area (Å²) in [6.07, 6.45) is 3.33. The molecule has 162 valence electrons. The molecule has 0 saturated carbocycles. The molecule has 3 aromatic heterocycles. The fourth-order valence-corrected chi connectivity index (χ4v) is 3.97. The Morgan fingerprint density at radius 1 is 1.03 bits per heavy atom. The van der Waals surface area contributed by atoms with Gasteiger partial charge in [-0.3, -0.25) is 4.79 Å². The number of pyridine rings is 3. The monoisotopic (exact) mass is 427 g/mol. The van der Waals surface area contributed by atoms with Gasteiger partial charge in [0.25, 0.3) is 5.56 Å². The van der Waals surface area contributed by atoms with E-state index in [1.807, 2.05) is 30.3 Å². The third-order valence-electron chi connectivity index (χ3n) is 5.83. The Hall–Kier alpha value is -3.91. The summed E-state index contributed by atoms with van der Waals surface area (Å²) in [5.41, 5.74) is 9.15. The van der Waals surface area contributed by atoms with Crippen LogP contribution in [0.4, 0.5) is 23.0 Å². The van der Waals surface area contributed by atoms with Crippen molar-refractivity contribution < 1.29 is 0 Å². The van der Waals surface area contributed by atoms with E-state index in [0.29, 0.717) is 22.7 Å². The van der Waals surface area contributed by atoms with Gasteiger partial charge in [-0.05, 0) is 61.0 Å². The van der Waals surface area contributed by atoms with Crippen LogP contribution in [0.5, 0.6) is 0 Å². The highest BCUT2D eigenvalue weighted by molar-refractivity contribution is 5.95. The molecule has 8 heteroatoms. The molecule has 4 N–H and O–H groups in total. The predicted molar refractivity (Wildman–Crippen MR) is 129 cm³/mol. The molecule has 0 unspecified atom stereocenters. The van der Waals surface area contributed by atoms with Crippen molar-refractivity contribution in [2.24, 2.45) is 0 Å². The molecule has 0 amide bonds. The number of nitrogens with two attached hydrogens (primary N) is 1. The average Bonchev–Trinajstić information content (AvgIpc) is 2.80. The molecule has 1 saturated heterocycles. The van der Waals surface area contributed by atoms with Gasteiger partial charge in [0.05, 0.1) is 11.1 Å². The molecule has 0 spiro atoms. The van der Waals surface area contributed by atoms with Crippen LogP contribution in [-0.2, 0) is 0 Å². The van der Waals surface area contributed by atoms with E-state index in [9.17, 15) is 4.79 Å². The molecule has 4 heterocycles. The fraction of sp³-hybridized carbons (Fsp3) is 0.208. The van der Waals surface area contributed by atoms with Gasteiger partial charge in [-0.1, -0.05) is 0 Å². The molecule has 1 fully saturated rings. The largest absolute Gasteiger partial charge is 0.384 e. The minimum Gasteiger partial charge on any atom is -0.384 e. The first-order valence-corrected chi connectivity index (χ1v) is 10.6. The first-order chi connectivity index (χ1) is 15.6. The highest BCUT2D eigenvalue weighted by atomic mass is 16.1. The van der Waals surface area contributed by atoms with Gasteiger partial charge in [-0.2, -0.15) is 0 Å². The van der Waals surface area contributed by atoms with Crippen molar-refractivity contribution in [3.63, 3.8) is 0 Å². The Labute approximate surface area is 185 Å². The number of aromatic amines is 1. The maximum absolute atomic E-state index is 12.6.